The first kappa shape index (κ1) is 34.8. The maximum absolute atomic E-state index is 13.2. The van der Waals surface area contributed by atoms with Crippen molar-refractivity contribution < 1.29 is 28.5 Å². The van der Waals surface area contributed by atoms with Crippen LogP contribution in [0.15, 0.2) is 24.4 Å². The molecule has 13 nitrogen and oxygen atoms in total. The number of hydrogen-bond acceptors (Lipinski definition) is 11. The normalized spacial score (nSPS) is 18.8. The molecular formula is C34H51N7O6. The maximum Gasteiger partial charge on any atom is 0.251 e. The van der Waals surface area contributed by atoms with Crippen LogP contribution >= 0.6 is 0 Å². The van der Waals surface area contributed by atoms with Crippen molar-refractivity contribution >= 4 is 35.0 Å². The largest absolute Gasteiger partial charge is 0.495 e. The number of methoxy groups -OCH3 is 1. The Morgan fingerprint density at radius 3 is 2.51 bits per heavy atom. The Balaban J connectivity index is 1.13. The third-order valence-corrected chi connectivity index (χ3v) is 9.27. The van der Waals surface area contributed by atoms with Gasteiger partial charge in [-0.1, -0.05) is 19.8 Å². The first-order valence-corrected chi connectivity index (χ1v) is 17.0. The molecular weight excluding hydrogens is 602 g/mol. The van der Waals surface area contributed by atoms with Gasteiger partial charge in [0.1, 0.15) is 17.5 Å². The van der Waals surface area contributed by atoms with Crippen molar-refractivity contribution in [2.24, 2.45) is 0 Å². The fourth-order valence-electron chi connectivity index (χ4n) is 6.64. The highest BCUT2D eigenvalue weighted by atomic mass is 16.5. The highest BCUT2D eigenvalue weighted by Crippen LogP contribution is 2.41. The Kier molecular flexibility index (Phi) is 12.6. The van der Waals surface area contributed by atoms with Crippen LogP contribution in [0.4, 0.5) is 23.1 Å². The number of likely N-dealkylation sites (N-methyl/N-ethyl adjacent to an activating group) is 1. The second kappa shape index (κ2) is 17.0. The molecule has 1 aromatic carbocycles. The predicted octanol–water partition coefficient (Wildman–Crippen LogP) is 3.29. The molecule has 1 saturated heterocycles. The maximum atomic E-state index is 13.2. The molecule has 3 heterocycles. The van der Waals surface area contributed by atoms with Gasteiger partial charge in [-0.25, -0.2) is 4.98 Å². The molecule has 1 atom stereocenters. The number of nitrogens with one attached hydrogen (secondary N) is 2. The van der Waals surface area contributed by atoms with Gasteiger partial charge in [0.15, 0.2) is 5.82 Å². The summed E-state index contributed by atoms with van der Waals surface area (Å²) in [5, 5.41) is 6.23. The van der Waals surface area contributed by atoms with Crippen molar-refractivity contribution in [2.75, 3.05) is 88.6 Å². The fourth-order valence-corrected chi connectivity index (χ4v) is 6.64. The number of ether oxygens (including phenoxy) is 4. The lowest BCUT2D eigenvalue weighted by molar-refractivity contribution is -0.120. The lowest BCUT2D eigenvalue weighted by Gasteiger charge is -2.43. The third-order valence-electron chi connectivity index (χ3n) is 9.27. The van der Waals surface area contributed by atoms with Crippen molar-refractivity contribution in [3.05, 3.63) is 30.0 Å². The minimum Gasteiger partial charge on any atom is -0.495 e. The van der Waals surface area contributed by atoms with Gasteiger partial charge in [-0.3, -0.25) is 9.59 Å². The molecule has 2 aliphatic heterocycles. The van der Waals surface area contributed by atoms with Crippen LogP contribution < -0.4 is 30.1 Å². The van der Waals surface area contributed by atoms with E-state index in [1.807, 2.05) is 18.0 Å². The van der Waals surface area contributed by atoms with E-state index in [9.17, 15) is 9.59 Å². The van der Waals surface area contributed by atoms with Crippen LogP contribution in [0.5, 0.6) is 5.75 Å². The van der Waals surface area contributed by atoms with Crippen LogP contribution in [0.1, 0.15) is 62.2 Å². The van der Waals surface area contributed by atoms with Gasteiger partial charge in [0.05, 0.1) is 58.1 Å². The van der Waals surface area contributed by atoms with Gasteiger partial charge in [-0.2, -0.15) is 4.98 Å². The monoisotopic (exact) mass is 653 g/mol. The fraction of sp³-hybridized carbons (Fsp3) is 0.647. The summed E-state index contributed by atoms with van der Waals surface area (Å²) in [7, 11) is 5.24. The number of carbonyl (C=O) groups excluding carboxylic acids is 2. The molecule has 5 rings (SSSR count). The molecule has 0 spiro atoms. The third kappa shape index (κ3) is 8.50. The van der Waals surface area contributed by atoms with Crippen molar-refractivity contribution in [1.29, 1.82) is 0 Å². The average molecular weight is 654 g/mol. The SMILES string of the molecule is CC[C@@H]1C(=O)N(C)c2cnc(N(C)c3ccc(C(=O)NCCOCCOCCOC4CCNCC4)cc3OC)nc2N1C1CCCC1. The molecule has 3 aliphatic rings. The zero-order valence-corrected chi connectivity index (χ0v) is 28.3. The molecule has 47 heavy (non-hydrogen) atoms. The Morgan fingerprint density at radius 1 is 1.06 bits per heavy atom. The van der Waals surface area contributed by atoms with Gasteiger partial charge in [-0.05, 0) is 63.4 Å². The number of rotatable bonds is 16. The summed E-state index contributed by atoms with van der Waals surface area (Å²) < 4.78 is 22.7. The number of hydrogen-bond donors (Lipinski definition) is 2. The molecule has 2 amide bonds. The van der Waals surface area contributed by atoms with Crippen LogP contribution in [0.25, 0.3) is 0 Å². The molecule has 258 valence electrons. The van der Waals surface area contributed by atoms with Gasteiger partial charge >= 0.3 is 0 Å². The number of nitrogens with zero attached hydrogens (tertiary/aromatic N) is 5. The van der Waals surface area contributed by atoms with Crippen molar-refractivity contribution in [3.8, 4) is 5.75 Å². The highest BCUT2D eigenvalue weighted by Gasteiger charge is 2.41. The molecule has 1 saturated carbocycles. The standard InChI is InChI=1S/C34H51N7O6/c1-5-27-33(43)39(2)29-23-37-34(38-31(29)41(27)25-8-6-7-9-25)40(3)28-11-10-24(22-30(28)44-4)32(42)36-16-17-45-18-19-46-20-21-47-26-12-14-35-15-13-26/h10-11,22-23,25-27,35H,5-9,12-21H2,1-4H3,(H,36,42)/t27-/m1/s1. The summed E-state index contributed by atoms with van der Waals surface area (Å²) in [6.45, 7) is 6.91. The number of aromatic nitrogens is 2. The van der Waals surface area contributed by atoms with E-state index in [0.29, 0.717) is 75.1 Å². The van der Waals surface area contributed by atoms with Gasteiger partial charge in [0.2, 0.25) is 11.9 Å². The topological polar surface area (TPSA) is 131 Å². The van der Waals surface area contributed by atoms with E-state index in [4.69, 9.17) is 23.9 Å². The predicted molar refractivity (Wildman–Crippen MR) is 181 cm³/mol. The molecule has 0 unspecified atom stereocenters. The Morgan fingerprint density at radius 2 is 1.79 bits per heavy atom. The smallest absolute Gasteiger partial charge is 0.251 e. The lowest BCUT2D eigenvalue weighted by atomic mass is 10.0. The van der Waals surface area contributed by atoms with Gasteiger partial charge < -0.3 is 44.3 Å². The van der Waals surface area contributed by atoms with Gasteiger partial charge in [0, 0.05) is 32.2 Å². The second-order valence-corrected chi connectivity index (χ2v) is 12.3. The summed E-state index contributed by atoms with van der Waals surface area (Å²) in [5.41, 5.74) is 1.91. The van der Waals surface area contributed by atoms with Gasteiger partial charge in [-0.15, -0.1) is 0 Å². The molecule has 2 N–H and O–H groups in total. The van der Waals surface area contributed by atoms with E-state index in [-0.39, 0.29) is 23.9 Å². The lowest BCUT2D eigenvalue weighted by Crippen LogP contribution is -2.55. The van der Waals surface area contributed by atoms with Crippen molar-refractivity contribution in [1.82, 2.24) is 20.6 Å². The molecule has 2 fully saturated rings. The van der Waals surface area contributed by atoms with Crippen molar-refractivity contribution in [3.63, 3.8) is 0 Å². The summed E-state index contributed by atoms with van der Waals surface area (Å²) in [5.74, 6) is 1.65. The number of amides is 2. The summed E-state index contributed by atoms with van der Waals surface area (Å²) in [6.07, 6.45) is 9.28. The zero-order valence-electron chi connectivity index (χ0n) is 28.3. The van der Waals surface area contributed by atoms with Gasteiger partial charge in [0.25, 0.3) is 5.91 Å². The van der Waals surface area contributed by atoms with Crippen LogP contribution in [-0.4, -0.2) is 114 Å². The minimum absolute atomic E-state index is 0.0805. The highest BCUT2D eigenvalue weighted by molar-refractivity contribution is 6.04. The average Bonchev–Trinajstić information content (AvgIpc) is 3.64. The second-order valence-electron chi connectivity index (χ2n) is 12.3. The number of benzene rings is 1. The summed E-state index contributed by atoms with van der Waals surface area (Å²) >= 11 is 0. The summed E-state index contributed by atoms with van der Waals surface area (Å²) in [6, 6.07) is 5.34. The van der Waals surface area contributed by atoms with E-state index < -0.39 is 0 Å². The molecule has 13 heteroatoms. The molecule has 0 bridgehead atoms. The Labute approximate surface area is 278 Å². The minimum atomic E-state index is -0.246. The van der Waals surface area contributed by atoms with E-state index in [0.717, 1.165) is 63.1 Å². The number of fused-ring (bicyclic) bond motifs is 1. The first-order chi connectivity index (χ1) is 22.9. The van der Waals surface area contributed by atoms with Crippen LogP contribution in [0.3, 0.4) is 0 Å². The number of anilines is 4. The van der Waals surface area contributed by atoms with Crippen molar-refractivity contribution in [2.45, 2.75) is 70.1 Å². The van der Waals surface area contributed by atoms with Crippen LogP contribution in [0, 0.1) is 0 Å². The van der Waals surface area contributed by atoms with E-state index in [1.165, 1.54) is 0 Å². The Bertz CT molecular complexity index is 1330. The van der Waals surface area contributed by atoms with Crippen LogP contribution in [-0.2, 0) is 19.0 Å². The molecule has 1 aromatic heterocycles. The van der Waals surface area contributed by atoms with E-state index in [2.05, 4.69) is 27.4 Å². The molecule has 0 radical (unpaired) electrons. The number of carbonyl (C=O) groups is 2. The molecule has 1 aliphatic carbocycles. The first-order valence-electron chi connectivity index (χ1n) is 17.0. The zero-order chi connectivity index (χ0) is 33.2. The molecule has 2 aromatic rings. The van der Waals surface area contributed by atoms with E-state index in [1.54, 1.807) is 37.4 Å². The quantitative estimate of drug-likeness (QED) is 0.259. The van der Waals surface area contributed by atoms with E-state index >= 15 is 0 Å². The summed E-state index contributed by atoms with van der Waals surface area (Å²) in [4.78, 5) is 41.6. The van der Waals surface area contributed by atoms with Crippen LogP contribution in [0.2, 0.25) is 0 Å². The Hall–Kier alpha value is -3.52. The number of piperidine rings is 1.